The highest BCUT2D eigenvalue weighted by molar-refractivity contribution is 4.77. The zero-order valence-electron chi connectivity index (χ0n) is 9.00. The number of aliphatic hydroxyl groups excluding tert-OH is 1. The Morgan fingerprint density at radius 2 is 1.69 bits per heavy atom. The molecule has 2 atom stereocenters. The highest BCUT2D eigenvalue weighted by Gasteiger charge is 2.24. The van der Waals surface area contributed by atoms with Crippen LogP contribution in [0.1, 0.15) is 33.1 Å². The lowest BCUT2D eigenvalue weighted by Crippen LogP contribution is -2.41. The van der Waals surface area contributed by atoms with Crippen LogP contribution in [0.4, 0.5) is 0 Å². The van der Waals surface area contributed by atoms with Crippen LogP contribution in [0.2, 0.25) is 0 Å². The average Bonchev–Trinajstić information content (AvgIpc) is 2.17. The molecule has 1 saturated heterocycles. The molecule has 2 unspecified atom stereocenters. The van der Waals surface area contributed by atoms with Gasteiger partial charge in [0.15, 0.2) is 0 Å². The van der Waals surface area contributed by atoms with Crippen molar-refractivity contribution in [3.63, 3.8) is 0 Å². The molecule has 1 aliphatic rings. The fourth-order valence-electron chi connectivity index (χ4n) is 2.34. The Bertz CT molecular complexity index is 126. The normalized spacial score (nSPS) is 30.7. The summed E-state index contributed by atoms with van der Waals surface area (Å²) in [5, 5.41) is 8.89. The molecule has 1 N–H and O–H groups in total. The minimum Gasteiger partial charge on any atom is -0.395 e. The number of rotatable bonds is 4. The molecule has 0 aromatic carbocycles. The molecule has 2 nitrogen and oxygen atoms in total. The number of hydrogen-bond donors (Lipinski definition) is 1. The maximum absolute atomic E-state index is 8.89. The molecule has 78 valence electrons. The van der Waals surface area contributed by atoms with Gasteiger partial charge in [-0.3, -0.25) is 0 Å². The SMILES string of the molecule is CCC1CC(CC)CN(CCO)C1. The molecular weight excluding hydrogens is 162 g/mol. The Hall–Kier alpha value is -0.0800. The molecule has 0 amide bonds. The average molecular weight is 185 g/mol. The van der Waals surface area contributed by atoms with Crippen LogP contribution in [0.3, 0.4) is 0 Å². The van der Waals surface area contributed by atoms with Crippen molar-refractivity contribution in [3.05, 3.63) is 0 Å². The molecule has 0 aromatic rings. The summed E-state index contributed by atoms with van der Waals surface area (Å²) in [7, 11) is 0. The van der Waals surface area contributed by atoms with Gasteiger partial charge in [0.25, 0.3) is 0 Å². The summed E-state index contributed by atoms with van der Waals surface area (Å²) >= 11 is 0. The summed E-state index contributed by atoms with van der Waals surface area (Å²) in [5.41, 5.74) is 0. The summed E-state index contributed by atoms with van der Waals surface area (Å²) in [4.78, 5) is 2.42. The molecular formula is C11H23NO. The molecule has 1 heterocycles. The second kappa shape index (κ2) is 5.61. The molecule has 0 saturated carbocycles. The van der Waals surface area contributed by atoms with Crippen LogP contribution in [0.25, 0.3) is 0 Å². The number of likely N-dealkylation sites (tertiary alicyclic amines) is 1. The number of piperidine rings is 1. The molecule has 0 aliphatic carbocycles. The largest absolute Gasteiger partial charge is 0.395 e. The smallest absolute Gasteiger partial charge is 0.0558 e. The minimum atomic E-state index is 0.312. The molecule has 0 bridgehead atoms. The van der Waals surface area contributed by atoms with Gasteiger partial charge in [0.1, 0.15) is 0 Å². The summed E-state index contributed by atoms with van der Waals surface area (Å²) in [6.07, 6.45) is 3.98. The van der Waals surface area contributed by atoms with E-state index in [1.54, 1.807) is 0 Å². The first-order valence-electron chi connectivity index (χ1n) is 5.63. The van der Waals surface area contributed by atoms with E-state index in [9.17, 15) is 0 Å². The zero-order valence-corrected chi connectivity index (χ0v) is 9.00. The van der Waals surface area contributed by atoms with E-state index in [4.69, 9.17) is 5.11 Å². The van der Waals surface area contributed by atoms with Crippen molar-refractivity contribution >= 4 is 0 Å². The second-order valence-corrected chi connectivity index (χ2v) is 4.27. The highest BCUT2D eigenvalue weighted by atomic mass is 16.3. The third kappa shape index (κ3) is 3.28. The van der Waals surface area contributed by atoms with Gasteiger partial charge in [-0.05, 0) is 18.3 Å². The van der Waals surface area contributed by atoms with Gasteiger partial charge in [-0.25, -0.2) is 0 Å². The third-order valence-corrected chi connectivity index (χ3v) is 3.27. The lowest BCUT2D eigenvalue weighted by atomic mass is 9.86. The fraction of sp³-hybridized carbons (Fsp3) is 1.00. The van der Waals surface area contributed by atoms with Crippen LogP contribution in [0.15, 0.2) is 0 Å². The monoisotopic (exact) mass is 185 g/mol. The van der Waals surface area contributed by atoms with Crippen LogP contribution < -0.4 is 0 Å². The van der Waals surface area contributed by atoms with Gasteiger partial charge in [0, 0.05) is 19.6 Å². The first-order valence-corrected chi connectivity index (χ1v) is 5.63. The van der Waals surface area contributed by atoms with Gasteiger partial charge in [-0.1, -0.05) is 26.7 Å². The molecule has 0 aromatic heterocycles. The number of hydrogen-bond acceptors (Lipinski definition) is 2. The molecule has 13 heavy (non-hydrogen) atoms. The van der Waals surface area contributed by atoms with Crippen LogP contribution in [-0.2, 0) is 0 Å². The van der Waals surface area contributed by atoms with E-state index in [1.165, 1.54) is 32.4 Å². The maximum atomic E-state index is 8.89. The van der Waals surface area contributed by atoms with Crippen molar-refractivity contribution in [2.24, 2.45) is 11.8 Å². The Kier molecular flexibility index (Phi) is 4.74. The first kappa shape index (κ1) is 11.0. The van der Waals surface area contributed by atoms with Crippen LogP contribution in [0.5, 0.6) is 0 Å². The first-order chi connectivity index (χ1) is 6.30. The van der Waals surface area contributed by atoms with E-state index in [0.29, 0.717) is 6.61 Å². The van der Waals surface area contributed by atoms with Crippen LogP contribution in [-0.4, -0.2) is 36.2 Å². The Morgan fingerprint density at radius 1 is 1.15 bits per heavy atom. The zero-order chi connectivity index (χ0) is 9.68. The van der Waals surface area contributed by atoms with Gasteiger partial charge in [-0.2, -0.15) is 0 Å². The minimum absolute atomic E-state index is 0.312. The van der Waals surface area contributed by atoms with Crippen LogP contribution in [0, 0.1) is 11.8 Å². The number of nitrogens with zero attached hydrogens (tertiary/aromatic N) is 1. The Labute approximate surface area is 81.9 Å². The molecule has 1 fully saturated rings. The topological polar surface area (TPSA) is 23.5 Å². The van der Waals surface area contributed by atoms with Crippen LogP contribution >= 0.6 is 0 Å². The van der Waals surface area contributed by atoms with Crippen molar-refractivity contribution in [1.29, 1.82) is 0 Å². The fourth-order valence-corrected chi connectivity index (χ4v) is 2.34. The van der Waals surface area contributed by atoms with E-state index >= 15 is 0 Å². The molecule has 1 rings (SSSR count). The summed E-state index contributed by atoms with van der Waals surface area (Å²) < 4.78 is 0. The van der Waals surface area contributed by atoms with E-state index in [0.717, 1.165) is 18.4 Å². The Morgan fingerprint density at radius 3 is 2.08 bits per heavy atom. The lowest BCUT2D eigenvalue weighted by Gasteiger charge is -2.36. The predicted molar refractivity (Wildman–Crippen MR) is 55.7 cm³/mol. The van der Waals surface area contributed by atoms with Crippen molar-refractivity contribution in [1.82, 2.24) is 4.90 Å². The molecule has 2 heteroatoms. The highest BCUT2D eigenvalue weighted by Crippen LogP contribution is 2.25. The van der Waals surface area contributed by atoms with Crippen molar-refractivity contribution < 1.29 is 5.11 Å². The second-order valence-electron chi connectivity index (χ2n) is 4.27. The van der Waals surface area contributed by atoms with E-state index < -0.39 is 0 Å². The molecule has 1 aliphatic heterocycles. The summed E-state index contributed by atoms with van der Waals surface area (Å²) in [5.74, 6) is 1.73. The quantitative estimate of drug-likeness (QED) is 0.721. The van der Waals surface area contributed by atoms with Gasteiger partial charge >= 0.3 is 0 Å². The van der Waals surface area contributed by atoms with Gasteiger partial charge in [-0.15, -0.1) is 0 Å². The predicted octanol–water partition coefficient (Wildman–Crippen LogP) is 1.74. The van der Waals surface area contributed by atoms with Gasteiger partial charge in [0.2, 0.25) is 0 Å². The molecule has 0 radical (unpaired) electrons. The lowest BCUT2D eigenvalue weighted by molar-refractivity contribution is 0.0989. The summed E-state index contributed by atoms with van der Waals surface area (Å²) in [6, 6.07) is 0. The van der Waals surface area contributed by atoms with Gasteiger partial charge in [0.05, 0.1) is 6.61 Å². The number of β-amino-alcohol motifs (C(OH)–C–C–N with tert-alkyl or cyclic N) is 1. The van der Waals surface area contributed by atoms with Gasteiger partial charge < -0.3 is 10.0 Å². The Balaban J connectivity index is 2.39. The van der Waals surface area contributed by atoms with Crippen molar-refractivity contribution in [3.8, 4) is 0 Å². The third-order valence-electron chi connectivity index (χ3n) is 3.27. The number of aliphatic hydroxyl groups is 1. The van der Waals surface area contributed by atoms with Crippen molar-refractivity contribution in [2.75, 3.05) is 26.2 Å². The summed E-state index contributed by atoms with van der Waals surface area (Å²) in [6.45, 7) is 8.14. The standard InChI is InChI=1S/C11H23NO/c1-3-10-7-11(4-2)9-12(8-10)5-6-13/h10-11,13H,3-9H2,1-2H3. The maximum Gasteiger partial charge on any atom is 0.0558 e. The van der Waals surface area contributed by atoms with E-state index in [2.05, 4.69) is 18.7 Å². The van der Waals surface area contributed by atoms with E-state index in [1.807, 2.05) is 0 Å². The van der Waals surface area contributed by atoms with E-state index in [-0.39, 0.29) is 0 Å². The molecule has 0 spiro atoms. The van der Waals surface area contributed by atoms with Crippen molar-refractivity contribution in [2.45, 2.75) is 33.1 Å².